The number of carboxylic acid groups (broad SMARTS) is 1. The van der Waals surface area contributed by atoms with Crippen LogP contribution >= 0.6 is 0 Å². The molecule has 0 aromatic heterocycles. The van der Waals surface area contributed by atoms with Gasteiger partial charge in [-0.1, -0.05) is 12.1 Å². The molecule has 1 aromatic carbocycles. The lowest BCUT2D eigenvalue weighted by atomic mass is 10.00. The third kappa shape index (κ3) is 7.53. The molecule has 1 heterocycles. The number of nitrogens with two attached hydrogens (primary N) is 1. The van der Waals surface area contributed by atoms with Gasteiger partial charge in [-0.15, -0.1) is 5.32 Å². The van der Waals surface area contributed by atoms with Crippen LogP contribution in [0.25, 0.3) is 5.57 Å². The van der Waals surface area contributed by atoms with E-state index in [-0.39, 0.29) is 19.5 Å². The van der Waals surface area contributed by atoms with Gasteiger partial charge in [-0.3, -0.25) is 19.2 Å². The van der Waals surface area contributed by atoms with Crippen molar-refractivity contribution in [3.63, 3.8) is 0 Å². The Kier molecular flexibility index (Phi) is 8.66. The fraction of sp³-hybridized carbons (Fsp3) is 0.316. The summed E-state index contributed by atoms with van der Waals surface area (Å²) in [6, 6.07) is 6.19. The van der Waals surface area contributed by atoms with Gasteiger partial charge in [0.1, 0.15) is 6.04 Å². The number of amides is 4. The Balaban J connectivity index is 1.74. The maximum Gasteiger partial charge on any atom is 0.326 e. The zero-order valence-corrected chi connectivity index (χ0v) is 16.6. The third-order valence-electron chi connectivity index (χ3n) is 4.26. The van der Waals surface area contributed by atoms with Crippen molar-refractivity contribution in [1.82, 2.24) is 21.3 Å². The largest absolute Gasteiger partial charge is 0.480 e. The van der Waals surface area contributed by atoms with Crippen LogP contribution in [0.2, 0.25) is 0 Å². The number of anilines is 1. The normalized spacial score (nSPS) is 12.7. The number of para-hydroxylation sites is 1. The minimum absolute atomic E-state index is 0.0591. The summed E-state index contributed by atoms with van der Waals surface area (Å²) in [6.07, 6.45) is 1.75. The summed E-state index contributed by atoms with van der Waals surface area (Å²) in [5.74, 6) is -3.68. The van der Waals surface area contributed by atoms with Crippen LogP contribution in [-0.4, -0.2) is 66.9 Å². The summed E-state index contributed by atoms with van der Waals surface area (Å²) in [6.45, 7) is -1.48. The molecule has 1 aromatic rings. The minimum atomic E-state index is -1.21. The highest BCUT2D eigenvalue weighted by Gasteiger charge is 2.28. The van der Waals surface area contributed by atoms with Crippen molar-refractivity contribution < 1.29 is 34.4 Å². The van der Waals surface area contributed by atoms with Crippen molar-refractivity contribution in [3.05, 3.63) is 36.0 Å². The van der Waals surface area contributed by atoms with Crippen LogP contribution in [0.15, 0.2) is 30.5 Å². The quantitative estimate of drug-likeness (QED) is 0.187. The minimum Gasteiger partial charge on any atom is -0.480 e. The third-order valence-corrected chi connectivity index (χ3v) is 4.26. The van der Waals surface area contributed by atoms with Crippen molar-refractivity contribution in [2.45, 2.75) is 12.5 Å². The van der Waals surface area contributed by atoms with Gasteiger partial charge < -0.3 is 32.1 Å². The van der Waals surface area contributed by atoms with E-state index in [4.69, 9.17) is 5.73 Å². The topological polar surface area (TPSA) is 195 Å². The van der Waals surface area contributed by atoms with Gasteiger partial charge in [-0.2, -0.15) is 0 Å². The first kappa shape index (κ1) is 23.5. The number of carbonyl (C=O) groups is 5. The molecular formula is C19H24N6O6+. The second-order valence-electron chi connectivity index (χ2n) is 6.56. The van der Waals surface area contributed by atoms with Crippen LogP contribution in [0.1, 0.15) is 12.0 Å². The van der Waals surface area contributed by atoms with Gasteiger partial charge in [-0.25, -0.2) is 4.79 Å². The number of carbonyl (C=O) groups excluding carboxylic acids is 4. The molecule has 0 fully saturated rings. The van der Waals surface area contributed by atoms with Crippen molar-refractivity contribution >= 4 is 40.9 Å². The Morgan fingerprint density at radius 2 is 1.48 bits per heavy atom. The molecule has 12 nitrogen and oxygen atoms in total. The number of hydrogen-bond acceptors (Lipinski definition) is 7. The Bertz CT molecular complexity index is 900. The Morgan fingerprint density at radius 3 is 2.10 bits per heavy atom. The maximum atomic E-state index is 12.1. The molecule has 1 aliphatic heterocycles. The summed E-state index contributed by atoms with van der Waals surface area (Å²) < 4.78 is 0. The predicted molar refractivity (Wildman–Crippen MR) is 107 cm³/mol. The molecule has 31 heavy (non-hydrogen) atoms. The summed E-state index contributed by atoms with van der Waals surface area (Å²) in [7, 11) is 0. The lowest BCUT2D eigenvalue weighted by Gasteiger charge is -2.15. The van der Waals surface area contributed by atoms with Gasteiger partial charge in [0.15, 0.2) is 11.9 Å². The molecular weight excluding hydrogens is 408 g/mol. The molecule has 4 amide bonds. The van der Waals surface area contributed by atoms with E-state index in [2.05, 4.69) is 26.6 Å². The first-order chi connectivity index (χ1) is 14.8. The smallest absolute Gasteiger partial charge is 0.326 e. The number of carboxylic acids is 1. The molecule has 0 aliphatic carbocycles. The molecule has 1 aliphatic rings. The van der Waals surface area contributed by atoms with E-state index in [0.717, 1.165) is 16.8 Å². The SMILES string of the molecule is NCC(=O)NCC(=O)NCC(=O)NCC(=O)N[C@@H](CC1=C[NH+]c2ccccc21)C(=O)O. The van der Waals surface area contributed by atoms with Gasteiger partial charge in [0.2, 0.25) is 23.6 Å². The zero-order chi connectivity index (χ0) is 22.8. The first-order valence-corrected chi connectivity index (χ1v) is 9.37. The number of benzene rings is 1. The molecule has 165 valence electrons. The van der Waals surface area contributed by atoms with E-state index >= 15 is 0 Å². The zero-order valence-electron chi connectivity index (χ0n) is 16.6. The molecule has 0 saturated heterocycles. The highest BCUT2D eigenvalue weighted by atomic mass is 16.4. The Morgan fingerprint density at radius 1 is 0.903 bits per heavy atom. The molecule has 0 saturated carbocycles. The molecule has 0 unspecified atom stereocenters. The van der Waals surface area contributed by atoms with Gasteiger partial charge >= 0.3 is 5.97 Å². The van der Waals surface area contributed by atoms with Crippen molar-refractivity contribution in [2.24, 2.45) is 5.73 Å². The summed E-state index contributed by atoms with van der Waals surface area (Å²) in [5.41, 5.74) is 7.52. The fourth-order valence-electron chi connectivity index (χ4n) is 2.70. The van der Waals surface area contributed by atoms with E-state index in [1.54, 1.807) is 6.20 Å². The predicted octanol–water partition coefficient (Wildman–Crippen LogP) is -3.71. The monoisotopic (exact) mass is 432 g/mol. The van der Waals surface area contributed by atoms with E-state index in [9.17, 15) is 29.1 Å². The first-order valence-electron chi connectivity index (χ1n) is 9.37. The summed E-state index contributed by atoms with van der Waals surface area (Å²) in [4.78, 5) is 57.8. The number of fused-ring (bicyclic) bond motifs is 1. The Hall–Kier alpha value is -3.77. The molecule has 12 heteroatoms. The molecule has 1 atom stereocenters. The second-order valence-corrected chi connectivity index (χ2v) is 6.56. The maximum absolute atomic E-state index is 12.1. The molecule has 0 spiro atoms. The number of nitrogens with one attached hydrogen (secondary N) is 5. The van der Waals surface area contributed by atoms with Gasteiger partial charge in [0.05, 0.1) is 26.2 Å². The van der Waals surface area contributed by atoms with Crippen LogP contribution < -0.4 is 32.3 Å². The molecule has 8 N–H and O–H groups in total. The van der Waals surface area contributed by atoms with Crippen LogP contribution in [0, 0.1) is 0 Å². The van der Waals surface area contributed by atoms with Gasteiger partial charge in [0.25, 0.3) is 0 Å². The van der Waals surface area contributed by atoms with Crippen LogP contribution in [0.5, 0.6) is 0 Å². The van der Waals surface area contributed by atoms with Crippen molar-refractivity contribution in [1.29, 1.82) is 0 Å². The summed E-state index contributed by atoms with van der Waals surface area (Å²) in [5, 5.41) is 21.6. The van der Waals surface area contributed by atoms with Gasteiger partial charge in [-0.05, 0) is 6.07 Å². The highest BCUT2D eigenvalue weighted by molar-refractivity contribution is 5.91. The van der Waals surface area contributed by atoms with E-state index in [1.165, 1.54) is 0 Å². The summed E-state index contributed by atoms with van der Waals surface area (Å²) >= 11 is 0. The number of aliphatic carboxylic acids is 1. The Labute approximate surface area is 177 Å². The second kappa shape index (κ2) is 11.4. The lowest BCUT2D eigenvalue weighted by molar-refractivity contribution is -0.491. The van der Waals surface area contributed by atoms with Gasteiger partial charge in [0, 0.05) is 23.6 Å². The van der Waals surface area contributed by atoms with Crippen LogP contribution in [-0.2, 0) is 24.0 Å². The van der Waals surface area contributed by atoms with Crippen LogP contribution in [0.4, 0.5) is 5.69 Å². The average Bonchev–Trinajstić information content (AvgIpc) is 3.16. The number of hydrogen-bond donors (Lipinski definition) is 7. The molecule has 2 rings (SSSR count). The van der Waals surface area contributed by atoms with Crippen LogP contribution in [0.3, 0.4) is 0 Å². The molecule has 1 radical (unpaired) electrons. The van der Waals surface area contributed by atoms with Crippen molar-refractivity contribution in [3.8, 4) is 0 Å². The van der Waals surface area contributed by atoms with E-state index < -0.39 is 48.7 Å². The lowest BCUT2D eigenvalue weighted by Crippen LogP contribution is -2.69. The van der Waals surface area contributed by atoms with E-state index in [0.29, 0.717) is 0 Å². The van der Waals surface area contributed by atoms with E-state index in [1.807, 2.05) is 24.3 Å². The average molecular weight is 432 g/mol. The molecule has 0 bridgehead atoms. The standard InChI is InChI=1S/C19H24N6O6/c20-6-15(26)22-8-16(27)23-9-17(28)24-10-18(29)25-14(19(30)31)5-11-7-21-13-4-2-1-3-12(11)13/h1-4,7,14,21H,5-6,8-10,20H2,(H,22,26)(H,23,27)(H,24,28)(H,25,29)(H,30,31)/q+1/t14-/m0/s1. The van der Waals surface area contributed by atoms with Crippen molar-refractivity contribution in [2.75, 3.05) is 26.2 Å². The fourth-order valence-corrected chi connectivity index (χ4v) is 2.70. The highest BCUT2D eigenvalue weighted by Crippen LogP contribution is 2.27. The number of rotatable bonds is 11.